The summed E-state index contributed by atoms with van der Waals surface area (Å²) in [6.45, 7) is 6.03. The molecule has 1 aromatic carbocycles. The molecular formula is C25H30N4O6. The summed E-state index contributed by atoms with van der Waals surface area (Å²) in [5, 5.41) is 0. The number of aromatic nitrogens is 2. The van der Waals surface area contributed by atoms with Crippen LogP contribution in [0.3, 0.4) is 0 Å². The molecule has 35 heavy (non-hydrogen) atoms. The second kappa shape index (κ2) is 11.0. The van der Waals surface area contributed by atoms with E-state index in [0.717, 1.165) is 0 Å². The maximum absolute atomic E-state index is 13.5. The molecule has 0 aliphatic carbocycles. The van der Waals surface area contributed by atoms with Gasteiger partial charge < -0.3 is 14.9 Å². The number of nitrogen functional groups attached to an aromatic ring is 1. The molecule has 186 valence electrons. The van der Waals surface area contributed by atoms with Crippen molar-refractivity contribution in [3.8, 4) is 11.3 Å². The molecule has 10 heteroatoms. The molecule has 2 heterocycles. The first-order valence-corrected chi connectivity index (χ1v) is 11.3. The third kappa shape index (κ3) is 5.78. The van der Waals surface area contributed by atoms with E-state index in [9.17, 15) is 19.2 Å². The summed E-state index contributed by atoms with van der Waals surface area (Å²) in [6, 6.07) is 9.95. The van der Waals surface area contributed by atoms with E-state index in [0.29, 0.717) is 29.9 Å². The molecule has 0 atom stereocenters. The molecule has 0 unspecified atom stereocenters. The number of ketones is 1. The largest absolute Gasteiger partial charge is 0.451 e. The third-order valence-electron chi connectivity index (χ3n) is 5.40. The number of nitrogens with two attached hydrogens (primary N) is 1. The summed E-state index contributed by atoms with van der Waals surface area (Å²) in [7, 11) is 1.53. The van der Waals surface area contributed by atoms with Gasteiger partial charge in [0.15, 0.2) is 17.2 Å². The number of hydrogen-bond donors (Lipinski definition) is 2. The summed E-state index contributed by atoms with van der Waals surface area (Å²) in [5.74, 6) is -0.238. The van der Waals surface area contributed by atoms with Gasteiger partial charge in [0.25, 0.3) is 11.5 Å². The molecule has 3 rings (SSSR count). The number of carbonyl (C=O) groups excluding carboxylic acids is 2. The monoisotopic (exact) mass is 482 g/mol. The van der Waals surface area contributed by atoms with Crippen LogP contribution in [0.1, 0.15) is 48.1 Å². The van der Waals surface area contributed by atoms with Crippen LogP contribution in [-0.4, -0.2) is 41.5 Å². The predicted octanol–water partition coefficient (Wildman–Crippen LogP) is 2.92. The predicted molar refractivity (Wildman–Crippen MR) is 133 cm³/mol. The number of furan rings is 1. The number of Topliss-reactive ketones (excluding diaryl/α,β-unsaturated/α-hetero) is 1. The zero-order chi connectivity index (χ0) is 25.7. The Labute approximate surface area is 202 Å². The molecule has 3 aromatic rings. The van der Waals surface area contributed by atoms with Crippen LogP contribution in [0.5, 0.6) is 0 Å². The molecule has 0 spiro atoms. The molecule has 3 N–H and O–H groups in total. The SMILES string of the molecule is COCCCN(C(=O)c1ccc(-c2ccc(C(C)=O)cc2)o1)c1c(N)n(CC(C)C)c(=O)[nH]c1=O. The van der Waals surface area contributed by atoms with Crippen molar-refractivity contribution in [2.45, 2.75) is 33.7 Å². The van der Waals surface area contributed by atoms with Crippen LogP contribution in [0.15, 0.2) is 50.4 Å². The first-order chi connectivity index (χ1) is 16.6. The fourth-order valence-corrected chi connectivity index (χ4v) is 3.68. The van der Waals surface area contributed by atoms with Crippen LogP contribution in [0.4, 0.5) is 11.5 Å². The minimum absolute atomic E-state index is 0.00605. The molecular weight excluding hydrogens is 452 g/mol. The molecule has 2 aromatic heterocycles. The number of H-pyrrole nitrogens is 1. The van der Waals surface area contributed by atoms with E-state index in [1.54, 1.807) is 30.3 Å². The second-order valence-electron chi connectivity index (χ2n) is 8.60. The van der Waals surface area contributed by atoms with Crippen LogP contribution < -0.4 is 21.9 Å². The Kier molecular flexibility index (Phi) is 8.08. The number of nitrogens with zero attached hydrogens (tertiary/aromatic N) is 2. The lowest BCUT2D eigenvalue weighted by Gasteiger charge is -2.24. The van der Waals surface area contributed by atoms with Crippen LogP contribution in [0.2, 0.25) is 0 Å². The number of anilines is 2. The molecule has 0 bridgehead atoms. The van der Waals surface area contributed by atoms with E-state index in [4.69, 9.17) is 14.9 Å². The quantitative estimate of drug-likeness (QED) is 0.334. The van der Waals surface area contributed by atoms with E-state index in [2.05, 4.69) is 4.98 Å². The Balaban J connectivity index is 2.01. The third-order valence-corrected chi connectivity index (χ3v) is 5.40. The Morgan fingerprint density at radius 3 is 2.43 bits per heavy atom. The average molecular weight is 483 g/mol. The van der Waals surface area contributed by atoms with Crippen LogP contribution in [0.25, 0.3) is 11.3 Å². The number of amides is 1. The van der Waals surface area contributed by atoms with Gasteiger partial charge in [-0.15, -0.1) is 0 Å². The first kappa shape index (κ1) is 25.7. The number of carbonyl (C=O) groups is 2. The first-order valence-electron chi connectivity index (χ1n) is 11.3. The van der Waals surface area contributed by atoms with E-state index < -0.39 is 17.2 Å². The normalized spacial score (nSPS) is 11.1. The van der Waals surface area contributed by atoms with E-state index in [1.807, 2.05) is 13.8 Å². The molecule has 0 fully saturated rings. The lowest BCUT2D eigenvalue weighted by molar-refractivity contribution is 0.0956. The Morgan fingerprint density at radius 1 is 1.14 bits per heavy atom. The van der Waals surface area contributed by atoms with Gasteiger partial charge in [0.2, 0.25) is 0 Å². The van der Waals surface area contributed by atoms with Crippen LogP contribution in [-0.2, 0) is 11.3 Å². The van der Waals surface area contributed by atoms with Gasteiger partial charge in [-0.2, -0.15) is 0 Å². The van der Waals surface area contributed by atoms with Gasteiger partial charge in [0.1, 0.15) is 11.6 Å². The van der Waals surface area contributed by atoms with Gasteiger partial charge in [-0.3, -0.25) is 28.8 Å². The fourth-order valence-electron chi connectivity index (χ4n) is 3.68. The van der Waals surface area contributed by atoms with Crippen molar-refractivity contribution in [1.82, 2.24) is 9.55 Å². The van der Waals surface area contributed by atoms with Gasteiger partial charge in [0.05, 0.1) is 0 Å². The van der Waals surface area contributed by atoms with Crippen molar-refractivity contribution < 1.29 is 18.7 Å². The molecule has 0 aliphatic heterocycles. The second-order valence-corrected chi connectivity index (χ2v) is 8.60. The van der Waals surface area contributed by atoms with Crippen molar-refractivity contribution in [1.29, 1.82) is 0 Å². The average Bonchev–Trinajstić information content (AvgIpc) is 3.30. The van der Waals surface area contributed by atoms with Crippen molar-refractivity contribution in [2.24, 2.45) is 5.92 Å². The zero-order valence-electron chi connectivity index (χ0n) is 20.3. The minimum Gasteiger partial charge on any atom is -0.451 e. The smallest absolute Gasteiger partial charge is 0.330 e. The summed E-state index contributed by atoms with van der Waals surface area (Å²) < 4.78 is 12.2. The Bertz CT molecular complexity index is 1320. The van der Waals surface area contributed by atoms with Gasteiger partial charge in [-0.25, -0.2) is 4.79 Å². The summed E-state index contributed by atoms with van der Waals surface area (Å²) in [6.07, 6.45) is 0.421. The topological polar surface area (TPSA) is 141 Å². The fraction of sp³-hybridized carbons (Fsp3) is 0.360. The lowest BCUT2D eigenvalue weighted by atomic mass is 10.1. The number of hydrogen-bond acceptors (Lipinski definition) is 7. The minimum atomic E-state index is -0.759. The Hall–Kier alpha value is -3.92. The number of rotatable bonds is 10. The van der Waals surface area contributed by atoms with Crippen molar-refractivity contribution >= 4 is 23.2 Å². The van der Waals surface area contributed by atoms with E-state index >= 15 is 0 Å². The molecule has 10 nitrogen and oxygen atoms in total. The highest BCUT2D eigenvalue weighted by molar-refractivity contribution is 6.05. The highest BCUT2D eigenvalue weighted by atomic mass is 16.5. The van der Waals surface area contributed by atoms with Gasteiger partial charge >= 0.3 is 5.69 Å². The Morgan fingerprint density at radius 2 is 1.83 bits per heavy atom. The highest BCUT2D eigenvalue weighted by Gasteiger charge is 2.27. The van der Waals surface area contributed by atoms with E-state index in [1.165, 1.54) is 29.6 Å². The van der Waals surface area contributed by atoms with Gasteiger partial charge in [0, 0.05) is 37.9 Å². The molecule has 0 saturated heterocycles. The standard InChI is InChI=1S/C25H30N4O6/c1-15(2)14-29-22(26)21(23(31)27-25(29)33)28(12-5-13-34-4)24(32)20-11-10-19(35-20)18-8-6-17(7-9-18)16(3)30/h6-11,15H,5,12-14,26H2,1-4H3,(H,27,31,33). The van der Waals surface area contributed by atoms with Crippen molar-refractivity contribution in [3.05, 3.63) is 68.6 Å². The molecule has 0 saturated carbocycles. The number of ether oxygens (including phenoxy) is 1. The van der Waals surface area contributed by atoms with Gasteiger partial charge in [-0.1, -0.05) is 38.1 Å². The van der Waals surface area contributed by atoms with Gasteiger partial charge in [-0.05, 0) is 31.4 Å². The number of nitrogens with one attached hydrogen (secondary N) is 1. The summed E-state index contributed by atoms with van der Waals surface area (Å²) in [4.78, 5) is 53.7. The lowest BCUT2D eigenvalue weighted by Crippen LogP contribution is -2.42. The van der Waals surface area contributed by atoms with Crippen LogP contribution in [0, 0.1) is 5.92 Å². The van der Waals surface area contributed by atoms with Crippen LogP contribution >= 0.6 is 0 Å². The molecule has 0 radical (unpaired) electrons. The summed E-state index contributed by atoms with van der Waals surface area (Å²) in [5.41, 5.74) is 5.98. The molecule has 0 aliphatic rings. The van der Waals surface area contributed by atoms with Crippen molar-refractivity contribution in [3.63, 3.8) is 0 Å². The number of benzene rings is 1. The maximum atomic E-state index is 13.5. The number of aromatic amines is 1. The highest BCUT2D eigenvalue weighted by Crippen LogP contribution is 2.26. The summed E-state index contributed by atoms with van der Waals surface area (Å²) >= 11 is 0. The molecule has 1 amide bonds. The maximum Gasteiger partial charge on any atom is 0.330 e. The van der Waals surface area contributed by atoms with E-state index in [-0.39, 0.29) is 42.1 Å². The zero-order valence-corrected chi connectivity index (χ0v) is 20.3. The number of methoxy groups -OCH3 is 1. The van der Waals surface area contributed by atoms with Crippen molar-refractivity contribution in [2.75, 3.05) is 30.9 Å².